The Morgan fingerprint density at radius 1 is 0.781 bits per heavy atom. The van der Waals surface area contributed by atoms with Gasteiger partial charge in [-0.3, -0.25) is 9.69 Å². The molecule has 3 fully saturated rings. The molecule has 2 bridgehead atoms. The minimum Gasteiger partial charge on any atom is -0.344 e. The third kappa shape index (κ3) is 4.69. The second-order valence-electron chi connectivity index (χ2n) is 11.0. The normalized spacial score (nSPS) is 28.6. The quantitative estimate of drug-likeness (QED) is 0.507. The SMILES string of the molecule is CC(=O)Cc1cn([C@H]2C[C@H]3CCC[C@@H](C2)N3C2CCCCCCCCC2)c2ccccc12. The molecule has 0 spiro atoms. The average Bonchev–Trinajstić information content (AvgIpc) is 3.14. The summed E-state index contributed by atoms with van der Waals surface area (Å²) in [6, 6.07) is 11.6. The Bertz CT molecular complexity index is 891. The molecule has 0 N–H and O–H groups in total. The van der Waals surface area contributed by atoms with Crippen LogP contribution in [0.3, 0.4) is 0 Å². The van der Waals surface area contributed by atoms with Gasteiger partial charge < -0.3 is 4.57 Å². The molecular formula is C29H42N2O. The van der Waals surface area contributed by atoms with Crippen LogP contribution in [0.15, 0.2) is 30.5 Å². The maximum atomic E-state index is 11.9. The number of ketones is 1. The Balaban J connectivity index is 1.38. The van der Waals surface area contributed by atoms with Crippen LogP contribution in [0, 0.1) is 0 Å². The van der Waals surface area contributed by atoms with Gasteiger partial charge >= 0.3 is 0 Å². The minimum absolute atomic E-state index is 0.260. The van der Waals surface area contributed by atoms with Gasteiger partial charge in [0.1, 0.15) is 5.78 Å². The van der Waals surface area contributed by atoms with Gasteiger partial charge in [0, 0.05) is 47.7 Å². The fourth-order valence-corrected chi connectivity index (χ4v) is 7.29. The van der Waals surface area contributed by atoms with Crippen molar-refractivity contribution in [2.45, 2.75) is 127 Å². The van der Waals surface area contributed by atoms with Crippen LogP contribution in [0.2, 0.25) is 0 Å². The van der Waals surface area contributed by atoms with E-state index < -0.39 is 0 Å². The van der Waals surface area contributed by atoms with Crippen molar-refractivity contribution in [3.63, 3.8) is 0 Å². The fraction of sp³-hybridized carbons (Fsp3) is 0.690. The summed E-state index contributed by atoms with van der Waals surface area (Å²) in [5.74, 6) is 0.260. The molecule has 174 valence electrons. The molecule has 0 radical (unpaired) electrons. The summed E-state index contributed by atoms with van der Waals surface area (Å²) in [4.78, 5) is 14.9. The molecular weight excluding hydrogens is 392 g/mol. The van der Waals surface area contributed by atoms with Gasteiger partial charge in [0.2, 0.25) is 0 Å². The molecule has 3 aliphatic rings. The first-order chi connectivity index (χ1) is 15.7. The van der Waals surface area contributed by atoms with Gasteiger partial charge in [0.05, 0.1) is 0 Å². The first-order valence-corrected chi connectivity index (χ1v) is 13.6. The third-order valence-electron chi connectivity index (χ3n) is 8.66. The van der Waals surface area contributed by atoms with E-state index in [0.717, 1.165) is 18.1 Å². The van der Waals surface area contributed by atoms with Gasteiger partial charge in [-0.15, -0.1) is 0 Å². The van der Waals surface area contributed by atoms with Gasteiger partial charge in [-0.2, -0.15) is 0 Å². The summed E-state index contributed by atoms with van der Waals surface area (Å²) in [7, 11) is 0. The number of Topliss-reactive ketones (excluding diaryl/α,β-unsaturated/α-hetero) is 1. The highest BCUT2D eigenvalue weighted by molar-refractivity contribution is 5.89. The molecule has 1 aromatic carbocycles. The lowest BCUT2D eigenvalue weighted by Crippen LogP contribution is -2.56. The number of para-hydroxylation sites is 1. The van der Waals surface area contributed by atoms with E-state index in [1.165, 1.54) is 106 Å². The summed E-state index contributed by atoms with van der Waals surface area (Å²) < 4.78 is 2.56. The van der Waals surface area contributed by atoms with Gasteiger partial charge in [-0.25, -0.2) is 0 Å². The number of aromatic nitrogens is 1. The van der Waals surface area contributed by atoms with Crippen LogP contribution in [-0.2, 0) is 11.2 Å². The number of fused-ring (bicyclic) bond motifs is 3. The lowest BCUT2D eigenvalue weighted by atomic mass is 9.79. The zero-order valence-corrected chi connectivity index (χ0v) is 20.1. The largest absolute Gasteiger partial charge is 0.344 e. The van der Waals surface area contributed by atoms with Crippen LogP contribution in [0.4, 0.5) is 0 Å². The summed E-state index contributed by atoms with van der Waals surface area (Å²) in [5.41, 5.74) is 2.55. The summed E-state index contributed by atoms with van der Waals surface area (Å²) >= 11 is 0. The lowest BCUT2D eigenvalue weighted by molar-refractivity contribution is -0.116. The summed E-state index contributed by atoms with van der Waals surface area (Å²) in [6.45, 7) is 1.72. The molecule has 2 aromatic rings. The smallest absolute Gasteiger partial charge is 0.134 e. The highest BCUT2D eigenvalue weighted by Gasteiger charge is 2.42. The molecule has 3 heterocycles. The van der Waals surface area contributed by atoms with E-state index in [1.54, 1.807) is 6.92 Å². The van der Waals surface area contributed by atoms with Crippen LogP contribution < -0.4 is 0 Å². The molecule has 32 heavy (non-hydrogen) atoms. The first-order valence-electron chi connectivity index (χ1n) is 13.6. The number of carbonyl (C=O) groups is 1. The fourth-order valence-electron chi connectivity index (χ4n) is 7.29. The Morgan fingerprint density at radius 2 is 1.38 bits per heavy atom. The molecule has 0 amide bonds. The van der Waals surface area contributed by atoms with Crippen LogP contribution in [0.1, 0.15) is 108 Å². The molecule has 5 rings (SSSR count). The Kier molecular flexibility index (Phi) is 7.02. The number of carbonyl (C=O) groups excluding carboxylic acids is 1. The summed E-state index contributed by atoms with van der Waals surface area (Å²) in [5, 5.41) is 1.28. The van der Waals surface area contributed by atoms with Crippen LogP contribution in [-0.4, -0.2) is 33.4 Å². The highest BCUT2D eigenvalue weighted by Crippen LogP contribution is 2.43. The van der Waals surface area contributed by atoms with E-state index in [-0.39, 0.29) is 5.78 Å². The highest BCUT2D eigenvalue weighted by atomic mass is 16.1. The van der Waals surface area contributed by atoms with Crippen LogP contribution >= 0.6 is 0 Å². The lowest BCUT2D eigenvalue weighted by Gasteiger charge is -2.53. The van der Waals surface area contributed by atoms with Crippen LogP contribution in [0.5, 0.6) is 0 Å². The van der Waals surface area contributed by atoms with Gasteiger partial charge in [-0.05, 0) is 57.1 Å². The van der Waals surface area contributed by atoms with Crippen molar-refractivity contribution in [3.05, 3.63) is 36.0 Å². The second-order valence-corrected chi connectivity index (χ2v) is 11.0. The molecule has 1 aromatic heterocycles. The second kappa shape index (κ2) is 10.1. The van der Waals surface area contributed by atoms with Crippen molar-refractivity contribution in [2.24, 2.45) is 0 Å². The first kappa shape index (κ1) is 22.2. The topological polar surface area (TPSA) is 25.2 Å². The molecule has 0 unspecified atom stereocenters. The number of hydrogen-bond donors (Lipinski definition) is 0. The molecule has 1 saturated carbocycles. The van der Waals surface area contributed by atoms with Crippen molar-refractivity contribution in [1.82, 2.24) is 9.47 Å². The Labute approximate surface area is 194 Å². The number of nitrogens with zero attached hydrogens (tertiary/aromatic N) is 2. The van der Waals surface area contributed by atoms with E-state index in [1.807, 2.05) is 0 Å². The van der Waals surface area contributed by atoms with Crippen molar-refractivity contribution >= 4 is 16.7 Å². The predicted octanol–water partition coefficient (Wildman–Crippen LogP) is 7.22. The van der Waals surface area contributed by atoms with Crippen LogP contribution in [0.25, 0.3) is 10.9 Å². The third-order valence-corrected chi connectivity index (χ3v) is 8.66. The predicted molar refractivity (Wildman–Crippen MR) is 133 cm³/mol. The van der Waals surface area contributed by atoms with E-state index in [4.69, 9.17) is 0 Å². The monoisotopic (exact) mass is 434 g/mol. The van der Waals surface area contributed by atoms with Gasteiger partial charge in [0.15, 0.2) is 0 Å². The zero-order valence-electron chi connectivity index (χ0n) is 20.1. The van der Waals surface area contributed by atoms with Crippen molar-refractivity contribution < 1.29 is 4.79 Å². The standard InChI is InChI=1S/C29H42N2O/c1-22(32)18-23-21-30(29-17-10-9-16-28(23)29)27-19-25-14-11-15-26(20-27)31(25)24-12-7-5-3-2-4-6-8-13-24/h9-10,16-17,21,24-27H,2-8,11-15,18-20H2,1H3/t25-,26+,27+. The molecule has 1 aliphatic carbocycles. The summed E-state index contributed by atoms with van der Waals surface area (Å²) in [6.07, 6.45) is 22.6. The van der Waals surface area contributed by atoms with E-state index in [9.17, 15) is 4.79 Å². The maximum Gasteiger partial charge on any atom is 0.134 e. The molecule has 3 heteroatoms. The minimum atomic E-state index is 0.260. The number of piperidine rings is 2. The van der Waals surface area contributed by atoms with E-state index >= 15 is 0 Å². The molecule has 3 atom stereocenters. The molecule has 3 nitrogen and oxygen atoms in total. The maximum absolute atomic E-state index is 11.9. The van der Waals surface area contributed by atoms with E-state index in [0.29, 0.717) is 12.5 Å². The number of rotatable bonds is 4. The van der Waals surface area contributed by atoms with Crippen molar-refractivity contribution in [3.8, 4) is 0 Å². The molecule has 2 saturated heterocycles. The van der Waals surface area contributed by atoms with Gasteiger partial charge in [-0.1, -0.05) is 69.6 Å². The average molecular weight is 435 g/mol. The van der Waals surface area contributed by atoms with Gasteiger partial charge in [0.25, 0.3) is 0 Å². The number of benzene rings is 1. The number of hydrogen-bond acceptors (Lipinski definition) is 2. The van der Waals surface area contributed by atoms with Crippen molar-refractivity contribution in [1.29, 1.82) is 0 Å². The van der Waals surface area contributed by atoms with Crippen molar-refractivity contribution in [2.75, 3.05) is 0 Å². The Morgan fingerprint density at radius 3 is 2.03 bits per heavy atom. The molecule has 2 aliphatic heterocycles. The zero-order chi connectivity index (χ0) is 21.9. The Hall–Kier alpha value is -1.61. The van der Waals surface area contributed by atoms with E-state index in [2.05, 4.69) is 39.9 Å².